The van der Waals surface area contributed by atoms with Gasteiger partial charge in [-0.2, -0.15) is 5.10 Å². The maximum Gasteiger partial charge on any atom is 0.251 e. The number of hydrogen-bond acceptors (Lipinski definition) is 5. The van der Waals surface area contributed by atoms with Crippen molar-refractivity contribution in [3.8, 4) is 0 Å². The first-order valence-corrected chi connectivity index (χ1v) is 11.8. The highest BCUT2D eigenvalue weighted by atomic mass is 32.1. The van der Waals surface area contributed by atoms with Crippen molar-refractivity contribution in [2.75, 3.05) is 13.1 Å². The van der Waals surface area contributed by atoms with Gasteiger partial charge in [0.05, 0.1) is 12.2 Å². The van der Waals surface area contributed by atoms with Crippen LogP contribution in [0.15, 0.2) is 48.1 Å². The molecule has 3 aromatic rings. The van der Waals surface area contributed by atoms with E-state index in [0.29, 0.717) is 11.5 Å². The minimum absolute atomic E-state index is 0.0358. The van der Waals surface area contributed by atoms with E-state index in [1.54, 1.807) is 11.3 Å². The summed E-state index contributed by atoms with van der Waals surface area (Å²) < 4.78 is 0. The Bertz CT molecular complexity index is 977. The number of piperidine rings is 1. The molecule has 1 aromatic carbocycles. The largest absolute Gasteiger partial charge is 0.342 e. The Morgan fingerprint density at radius 1 is 1.32 bits per heavy atom. The molecule has 6 nitrogen and oxygen atoms in total. The third kappa shape index (κ3) is 5.22. The van der Waals surface area contributed by atoms with E-state index < -0.39 is 0 Å². The van der Waals surface area contributed by atoms with Gasteiger partial charge in [0.25, 0.3) is 5.91 Å². The first-order valence-electron chi connectivity index (χ1n) is 10.9. The summed E-state index contributed by atoms with van der Waals surface area (Å²) in [6, 6.07) is 9.35. The fourth-order valence-electron chi connectivity index (χ4n) is 4.41. The summed E-state index contributed by atoms with van der Waals surface area (Å²) in [5.74, 6) is 0.278. The number of thiazole rings is 1. The van der Waals surface area contributed by atoms with E-state index in [0.717, 1.165) is 37.5 Å². The van der Waals surface area contributed by atoms with Gasteiger partial charge in [0.1, 0.15) is 5.01 Å². The smallest absolute Gasteiger partial charge is 0.251 e. The number of H-pyrrole nitrogens is 1. The SMILES string of the molecule is CC(C)(C)c1[nH]ncc1CN1CCC[C@H]([C@H](NC(=O)c2ccccc2)c2nccs2)C1. The van der Waals surface area contributed by atoms with Crippen molar-refractivity contribution in [3.63, 3.8) is 0 Å². The molecule has 0 bridgehead atoms. The van der Waals surface area contributed by atoms with Crippen LogP contribution in [0.4, 0.5) is 0 Å². The molecule has 7 heteroatoms. The molecule has 1 saturated heterocycles. The van der Waals surface area contributed by atoms with E-state index in [4.69, 9.17) is 0 Å². The summed E-state index contributed by atoms with van der Waals surface area (Å²) in [4.78, 5) is 20.0. The quantitative estimate of drug-likeness (QED) is 0.593. The molecule has 0 unspecified atom stereocenters. The average Bonchev–Trinajstić information content (AvgIpc) is 3.45. The van der Waals surface area contributed by atoms with E-state index in [9.17, 15) is 4.79 Å². The summed E-state index contributed by atoms with van der Waals surface area (Å²) in [5, 5.41) is 13.7. The highest BCUT2D eigenvalue weighted by Crippen LogP contribution is 2.33. The van der Waals surface area contributed by atoms with Crippen LogP contribution in [0.25, 0.3) is 0 Å². The molecule has 2 aromatic heterocycles. The van der Waals surface area contributed by atoms with E-state index in [1.807, 2.05) is 48.1 Å². The maximum atomic E-state index is 12.9. The minimum atomic E-state index is -0.0815. The number of benzene rings is 1. The van der Waals surface area contributed by atoms with Gasteiger partial charge in [0.2, 0.25) is 0 Å². The lowest BCUT2D eigenvalue weighted by atomic mass is 9.88. The first kappa shape index (κ1) is 21.7. The van der Waals surface area contributed by atoms with E-state index in [-0.39, 0.29) is 17.4 Å². The second-order valence-electron chi connectivity index (χ2n) is 9.35. The predicted octanol–water partition coefficient (Wildman–Crippen LogP) is 4.55. The number of aromatic amines is 1. The topological polar surface area (TPSA) is 73.9 Å². The van der Waals surface area contributed by atoms with Gasteiger partial charge in [-0.25, -0.2) is 4.98 Å². The van der Waals surface area contributed by atoms with Gasteiger partial charge >= 0.3 is 0 Å². The molecule has 0 spiro atoms. The monoisotopic (exact) mass is 437 g/mol. The third-order valence-electron chi connectivity index (χ3n) is 5.92. The Morgan fingerprint density at radius 3 is 2.84 bits per heavy atom. The van der Waals surface area contributed by atoms with Crippen LogP contribution in [0.3, 0.4) is 0 Å². The highest BCUT2D eigenvalue weighted by Gasteiger charge is 2.32. The molecular weight excluding hydrogens is 406 g/mol. The number of likely N-dealkylation sites (tertiary alicyclic amines) is 1. The molecule has 1 aliphatic heterocycles. The van der Waals surface area contributed by atoms with Gasteiger partial charge < -0.3 is 5.32 Å². The van der Waals surface area contributed by atoms with Crippen molar-refractivity contribution in [1.29, 1.82) is 0 Å². The molecular formula is C24H31N5OS. The molecule has 1 fully saturated rings. The van der Waals surface area contributed by atoms with Crippen molar-refractivity contribution in [2.24, 2.45) is 5.92 Å². The Morgan fingerprint density at radius 2 is 2.13 bits per heavy atom. The zero-order chi connectivity index (χ0) is 21.8. The van der Waals surface area contributed by atoms with Crippen LogP contribution in [0.2, 0.25) is 0 Å². The third-order valence-corrected chi connectivity index (χ3v) is 6.77. The van der Waals surface area contributed by atoms with Crippen LogP contribution < -0.4 is 5.32 Å². The zero-order valence-electron chi connectivity index (χ0n) is 18.5. The number of carbonyl (C=O) groups is 1. The van der Waals surface area contributed by atoms with Gasteiger partial charge in [0, 0.05) is 46.9 Å². The van der Waals surface area contributed by atoms with Crippen LogP contribution >= 0.6 is 11.3 Å². The maximum absolute atomic E-state index is 12.9. The van der Waals surface area contributed by atoms with Crippen molar-refractivity contribution in [2.45, 2.75) is 51.6 Å². The van der Waals surface area contributed by atoms with E-state index >= 15 is 0 Å². The highest BCUT2D eigenvalue weighted by molar-refractivity contribution is 7.09. The van der Waals surface area contributed by atoms with Gasteiger partial charge in [-0.3, -0.25) is 14.8 Å². The molecule has 31 heavy (non-hydrogen) atoms. The molecule has 2 N–H and O–H groups in total. The lowest BCUT2D eigenvalue weighted by Gasteiger charge is -2.37. The fourth-order valence-corrected chi connectivity index (χ4v) is 5.19. The van der Waals surface area contributed by atoms with E-state index in [1.165, 1.54) is 11.3 Å². The fraction of sp³-hybridized carbons (Fsp3) is 0.458. The molecule has 0 aliphatic carbocycles. The number of nitrogens with zero attached hydrogens (tertiary/aromatic N) is 3. The first-order chi connectivity index (χ1) is 14.9. The Balaban J connectivity index is 1.50. The van der Waals surface area contributed by atoms with Crippen LogP contribution in [-0.2, 0) is 12.0 Å². The van der Waals surface area contributed by atoms with Gasteiger partial charge in [-0.05, 0) is 37.4 Å². The molecule has 0 saturated carbocycles. The van der Waals surface area contributed by atoms with Crippen molar-refractivity contribution >= 4 is 17.2 Å². The van der Waals surface area contributed by atoms with Crippen molar-refractivity contribution < 1.29 is 4.79 Å². The van der Waals surface area contributed by atoms with Crippen LogP contribution in [0.1, 0.15) is 66.3 Å². The van der Waals surface area contributed by atoms with Crippen LogP contribution in [0.5, 0.6) is 0 Å². The van der Waals surface area contributed by atoms with Gasteiger partial charge in [-0.15, -0.1) is 11.3 Å². The lowest BCUT2D eigenvalue weighted by molar-refractivity contribution is 0.0877. The normalized spacial score (nSPS) is 18.6. The van der Waals surface area contributed by atoms with Crippen LogP contribution in [-0.4, -0.2) is 39.1 Å². The molecule has 4 rings (SSSR count). The van der Waals surface area contributed by atoms with Crippen molar-refractivity contribution in [3.05, 3.63) is 69.9 Å². The minimum Gasteiger partial charge on any atom is -0.342 e. The van der Waals surface area contributed by atoms with Crippen molar-refractivity contribution in [1.82, 2.24) is 25.4 Å². The summed E-state index contributed by atoms with van der Waals surface area (Å²) in [7, 11) is 0. The average molecular weight is 438 g/mol. The molecule has 164 valence electrons. The summed E-state index contributed by atoms with van der Waals surface area (Å²) in [5.41, 5.74) is 3.18. The summed E-state index contributed by atoms with van der Waals surface area (Å²) in [6.07, 6.45) is 5.97. The van der Waals surface area contributed by atoms with Crippen LogP contribution in [0, 0.1) is 5.92 Å². The predicted molar refractivity (Wildman–Crippen MR) is 124 cm³/mol. The molecule has 0 radical (unpaired) electrons. The molecule has 1 aliphatic rings. The number of hydrogen-bond donors (Lipinski definition) is 2. The van der Waals surface area contributed by atoms with Gasteiger partial charge in [0.15, 0.2) is 0 Å². The standard InChI is InChI=1S/C24H31N5OS/c1-24(2,3)21-19(14-26-28-21)16-29-12-7-10-18(15-29)20(23-25-11-13-31-23)27-22(30)17-8-5-4-6-9-17/h4-6,8-9,11,13-14,18,20H,7,10,12,15-16H2,1-3H3,(H,26,28)(H,27,30)/t18-,20-/m0/s1. The number of aromatic nitrogens is 3. The zero-order valence-corrected chi connectivity index (χ0v) is 19.3. The molecule has 3 heterocycles. The number of rotatable bonds is 6. The summed E-state index contributed by atoms with van der Waals surface area (Å²) in [6.45, 7) is 9.48. The number of amides is 1. The Hall–Kier alpha value is -2.51. The Kier molecular flexibility index (Phi) is 6.53. The van der Waals surface area contributed by atoms with Gasteiger partial charge in [-0.1, -0.05) is 39.0 Å². The second kappa shape index (κ2) is 9.32. The number of nitrogens with one attached hydrogen (secondary N) is 2. The lowest BCUT2D eigenvalue weighted by Crippen LogP contribution is -2.42. The second-order valence-corrected chi connectivity index (χ2v) is 10.3. The Labute approximate surface area is 188 Å². The summed E-state index contributed by atoms with van der Waals surface area (Å²) >= 11 is 1.61. The molecule has 1 amide bonds. The number of carbonyl (C=O) groups excluding carboxylic acids is 1. The van der Waals surface area contributed by atoms with E-state index in [2.05, 4.69) is 46.2 Å². The molecule has 2 atom stereocenters.